The second-order valence-electron chi connectivity index (χ2n) is 5.24. The summed E-state index contributed by atoms with van der Waals surface area (Å²) in [6.07, 6.45) is 3.27. The lowest BCUT2D eigenvalue weighted by molar-refractivity contribution is 0.0950. The van der Waals surface area contributed by atoms with E-state index in [4.69, 9.17) is 0 Å². The number of hydrogen-bond acceptors (Lipinski definition) is 3. The second-order valence-corrected chi connectivity index (χ2v) is 6.15. The number of rotatable bonds is 4. The minimum absolute atomic E-state index is 0.162. The Balaban J connectivity index is 1.70. The molecule has 1 amide bonds. The lowest BCUT2D eigenvalue weighted by Gasteiger charge is -2.04. The highest BCUT2D eigenvalue weighted by Gasteiger charge is 2.10. The van der Waals surface area contributed by atoms with Crippen molar-refractivity contribution in [2.45, 2.75) is 13.5 Å². The van der Waals surface area contributed by atoms with Crippen molar-refractivity contribution < 1.29 is 4.79 Å². The van der Waals surface area contributed by atoms with Crippen molar-refractivity contribution in [3.05, 3.63) is 64.1 Å². The van der Waals surface area contributed by atoms with Gasteiger partial charge < -0.3 is 5.32 Å². The maximum atomic E-state index is 12.2. The quantitative estimate of drug-likeness (QED) is 0.764. The molecule has 0 atom stereocenters. The van der Waals surface area contributed by atoms with Crippen LogP contribution in [-0.2, 0) is 13.6 Å². The van der Waals surface area contributed by atoms with Gasteiger partial charge in [-0.1, -0.05) is 22.0 Å². The predicted octanol–water partition coefficient (Wildman–Crippen LogP) is 2.61. The molecular formula is C16H16BrN5O. The van der Waals surface area contributed by atoms with Crippen LogP contribution in [0.5, 0.6) is 0 Å². The summed E-state index contributed by atoms with van der Waals surface area (Å²) in [5.41, 5.74) is 3.29. The van der Waals surface area contributed by atoms with Gasteiger partial charge in [-0.15, -0.1) is 0 Å². The van der Waals surface area contributed by atoms with Crippen molar-refractivity contribution in [3.63, 3.8) is 0 Å². The molecule has 0 bridgehead atoms. The molecule has 23 heavy (non-hydrogen) atoms. The van der Waals surface area contributed by atoms with E-state index >= 15 is 0 Å². The van der Waals surface area contributed by atoms with Crippen molar-refractivity contribution in [3.8, 4) is 5.69 Å². The number of amides is 1. The lowest BCUT2D eigenvalue weighted by Crippen LogP contribution is -2.23. The van der Waals surface area contributed by atoms with Crippen LogP contribution >= 0.6 is 15.9 Å². The van der Waals surface area contributed by atoms with E-state index < -0.39 is 0 Å². The number of carbonyl (C=O) groups is 1. The van der Waals surface area contributed by atoms with Gasteiger partial charge in [-0.25, -0.2) is 4.68 Å². The second kappa shape index (κ2) is 6.37. The number of aryl methyl sites for hydroxylation is 2. The van der Waals surface area contributed by atoms with E-state index in [0.29, 0.717) is 12.1 Å². The third-order valence-corrected chi connectivity index (χ3v) is 3.94. The zero-order valence-corrected chi connectivity index (χ0v) is 14.4. The van der Waals surface area contributed by atoms with Crippen LogP contribution in [0.2, 0.25) is 0 Å². The zero-order chi connectivity index (χ0) is 16.4. The first-order chi connectivity index (χ1) is 11.0. The van der Waals surface area contributed by atoms with E-state index in [9.17, 15) is 4.79 Å². The highest BCUT2D eigenvalue weighted by atomic mass is 79.9. The predicted molar refractivity (Wildman–Crippen MR) is 90.4 cm³/mol. The molecule has 0 saturated carbocycles. The first-order valence-electron chi connectivity index (χ1n) is 7.11. The van der Waals surface area contributed by atoms with Gasteiger partial charge in [0.15, 0.2) is 0 Å². The molecule has 0 fully saturated rings. The molecule has 118 valence electrons. The summed E-state index contributed by atoms with van der Waals surface area (Å²) >= 11 is 3.43. The molecule has 6 nitrogen and oxygen atoms in total. The molecule has 7 heteroatoms. The Kier molecular flexibility index (Phi) is 4.29. The Morgan fingerprint density at radius 3 is 2.87 bits per heavy atom. The van der Waals surface area contributed by atoms with Gasteiger partial charge in [0.05, 0.1) is 35.4 Å². The Morgan fingerprint density at radius 2 is 2.17 bits per heavy atom. The van der Waals surface area contributed by atoms with Gasteiger partial charge in [0.2, 0.25) is 0 Å². The summed E-state index contributed by atoms with van der Waals surface area (Å²) in [4.78, 5) is 12.2. The maximum Gasteiger partial charge on any atom is 0.254 e. The molecule has 3 rings (SSSR count). The van der Waals surface area contributed by atoms with Crippen LogP contribution in [0, 0.1) is 6.92 Å². The van der Waals surface area contributed by atoms with Crippen LogP contribution in [0.1, 0.15) is 21.7 Å². The largest absolute Gasteiger partial charge is 0.346 e. The summed E-state index contributed by atoms with van der Waals surface area (Å²) in [5, 5.41) is 11.4. The third kappa shape index (κ3) is 3.50. The highest BCUT2D eigenvalue weighted by molar-refractivity contribution is 9.10. The van der Waals surface area contributed by atoms with Gasteiger partial charge in [-0.2, -0.15) is 10.2 Å². The fourth-order valence-corrected chi connectivity index (χ4v) is 2.69. The smallest absolute Gasteiger partial charge is 0.254 e. The molecule has 2 heterocycles. The zero-order valence-electron chi connectivity index (χ0n) is 12.8. The minimum atomic E-state index is -0.162. The van der Waals surface area contributed by atoms with E-state index in [1.807, 2.05) is 44.3 Å². The third-order valence-electron chi connectivity index (χ3n) is 3.45. The average molecular weight is 374 g/mol. The Bertz CT molecular complexity index is 852. The van der Waals surface area contributed by atoms with Gasteiger partial charge in [0, 0.05) is 17.7 Å². The van der Waals surface area contributed by atoms with E-state index in [1.54, 1.807) is 21.8 Å². The van der Waals surface area contributed by atoms with Gasteiger partial charge in [-0.3, -0.25) is 9.48 Å². The number of aromatic nitrogens is 4. The van der Waals surface area contributed by atoms with E-state index in [-0.39, 0.29) is 5.91 Å². The standard InChI is InChI=1S/C16H16BrN5O/c1-11-6-15(21(2)20-11)9-18-16(23)12-8-19-22(10-12)14-5-3-4-13(17)7-14/h3-8,10H,9H2,1-2H3,(H,18,23). The van der Waals surface area contributed by atoms with E-state index in [1.165, 1.54) is 0 Å². The van der Waals surface area contributed by atoms with Crippen molar-refractivity contribution in [1.29, 1.82) is 0 Å². The van der Waals surface area contributed by atoms with Gasteiger partial charge >= 0.3 is 0 Å². The molecule has 0 radical (unpaired) electrons. The summed E-state index contributed by atoms with van der Waals surface area (Å²) in [6.45, 7) is 2.35. The number of hydrogen-bond donors (Lipinski definition) is 1. The molecule has 0 aliphatic carbocycles. The average Bonchev–Trinajstić information content (AvgIpc) is 3.12. The monoisotopic (exact) mass is 373 g/mol. The molecule has 3 aromatic rings. The molecule has 1 aromatic carbocycles. The molecule has 0 aliphatic rings. The number of carbonyl (C=O) groups excluding carboxylic acids is 1. The molecular weight excluding hydrogens is 358 g/mol. The van der Waals surface area contributed by atoms with Crippen LogP contribution in [0.4, 0.5) is 0 Å². The van der Waals surface area contributed by atoms with E-state index in [0.717, 1.165) is 21.5 Å². The van der Waals surface area contributed by atoms with E-state index in [2.05, 4.69) is 31.4 Å². The maximum absolute atomic E-state index is 12.2. The van der Waals surface area contributed by atoms with Gasteiger partial charge in [0.25, 0.3) is 5.91 Å². The number of nitrogens with zero attached hydrogens (tertiary/aromatic N) is 4. The topological polar surface area (TPSA) is 64.7 Å². The number of halogens is 1. The fourth-order valence-electron chi connectivity index (χ4n) is 2.30. The molecule has 2 aromatic heterocycles. The van der Waals surface area contributed by atoms with Crippen molar-refractivity contribution >= 4 is 21.8 Å². The SMILES string of the molecule is Cc1cc(CNC(=O)c2cnn(-c3cccc(Br)c3)c2)n(C)n1. The van der Waals surface area contributed by atoms with Crippen molar-refractivity contribution in [2.75, 3.05) is 0 Å². The number of nitrogens with one attached hydrogen (secondary N) is 1. The Morgan fingerprint density at radius 1 is 1.35 bits per heavy atom. The molecule has 0 unspecified atom stereocenters. The molecule has 0 saturated heterocycles. The van der Waals surface area contributed by atoms with Gasteiger partial charge in [-0.05, 0) is 31.2 Å². The molecule has 0 spiro atoms. The normalized spacial score (nSPS) is 10.7. The summed E-state index contributed by atoms with van der Waals surface area (Å²) in [5.74, 6) is -0.162. The first kappa shape index (κ1) is 15.5. The number of benzene rings is 1. The minimum Gasteiger partial charge on any atom is -0.346 e. The van der Waals surface area contributed by atoms with Crippen LogP contribution in [0.3, 0.4) is 0 Å². The summed E-state index contributed by atoms with van der Waals surface area (Å²) in [7, 11) is 1.86. The summed E-state index contributed by atoms with van der Waals surface area (Å²) in [6, 6.07) is 9.68. The lowest BCUT2D eigenvalue weighted by atomic mass is 10.3. The first-order valence-corrected chi connectivity index (χ1v) is 7.90. The highest BCUT2D eigenvalue weighted by Crippen LogP contribution is 2.15. The van der Waals surface area contributed by atoms with Crippen molar-refractivity contribution in [2.24, 2.45) is 7.05 Å². The molecule has 1 N–H and O–H groups in total. The summed E-state index contributed by atoms with van der Waals surface area (Å²) < 4.78 is 4.40. The van der Waals surface area contributed by atoms with Crippen LogP contribution < -0.4 is 5.32 Å². The van der Waals surface area contributed by atoms with Crippen LogP contribution in [0.15, 0.2) is 47.2 Å². The molecule has 0 aliphatic heterocycles. The van der Waals surface area contributed by atoms with Crippen LogP contribution in [-0.4, -0.2) is 25.5 Å². The fraction of sp³-hybridized carbons (Fsp3) is 0.188. The van der Waals surface area contributed by atoms with Gasteiger partial charge in [0.1, 0.15) is 0 Å². The van der Waals surface area contributed by atoms with Crippen LogP contribution in [0.25, 0.3) is 5.69 Å². The Hall–Kier alpha value is -2.41. The van der Waals surface area contributed by atoms with Crippen molar-refractivity contribution in [1.82, 2.24) is 24.9 Å². The Labute approximate surface area is 142 Å².